The highest BCUT2D eigenvalue weighted by atomic mass is 35.5. The molecular weight excluding hydrogens is 401 g/mol. The number of fused-ring (bicyclic) bond motifs is 1. The lowest BCUT2D eigenvalue weighted by Gasteiger charge is -2.12. The molecule has 0 saturated carbocycles. The van der Waals surface area contributed by atoms with Crippen molar-refractivity contribution in [2.45, 2.75) is 17.6 Å². The van der Waals surface area contributed by atoms with Gasteiger partial charge in [-0.15, -0.1) is 12.4 Å². The maximum absolute atomic E-state index is 12.8. The van der Waals surface area contributed by atoms with Crippen LogP contribution in [0.2, 0.25) is 0 Å². The summed E-state index contributed by atoms with van der Waals surface area (Å²) in [5.41, 5.74) is 5.70. The first-order chi connectivity index (χ1) is 12.2. The summed E-state index contributed by atoms with van der Waals surface area (Å²) in [7, 11) is -3.94. The van der Waals surface area contributed by atoms with Crippen LogP contribution in [0.4, 0.5) is 18.9 Å². The number of anilines is 1. The lowest BCUT2D eigenvalue weighted by molar-refractivity contribution is -0.137. The minimum atomic E-state index is -4.48. The molecule has 0 atom stereocenters. The first-order valence-corrected chi connectivity index (χ1v) is 9.10. The van der Waals surface area contributed by atoms with Gasteiger partial charge in [0.1, 0.15) is 0 Å². The lowest BCUT2D eigenvalue weighted by atomic mass is 10.1. The zero-order valence-electron chi connectivity index (χ0n) is 13.8. The Bertz CT molecular complexity index is 1070. The average molecular weight is 417 g/mol. The molecule has 0 fully saturated rings. The van der Waals surface area contributed by atoms with E-state index < -0.39 is 21.8 Å². The SMILES string of the molecule is Cl.Nc1cccc2c(S(=O)(=O)NCc3cccc(C(F)(F)F)c3)cccc12. The van der Waals surface area contributed by atoms with Crippen LogP contribution in [0.5, 0.6) is 0 Å². The van der Waals surface area contributed by atoms with E-state index in [1.807, 2.05) is 0 Å². The van der Waals surface area contributed by atoms with Gasteiger partial charge in [0.15, 0.2) is 0 Å². The lowest BCUT2D eigenvalue weighted by Crippen LogP contribution is -2.23. The molecule has 27 heavy (non-hydrogen) atoms. The number of nitrogens with two attached hydrogens (primary N) is 1. The molecule has 0 unspecified atom stereocenters. The Labute approximate surface area is 160 Å². The predicted octanol–water partition coefficient (Wildman–Crippen LogP) is 4.34. The number of benzene rings is 3. The van der Waals surface area contributed by atoms with Crippen LogP contribution in [0, 0.1) is 0 Å². The maximum Gasteiger partial charge on any atom is 0.416 e. The van der Waals surface area contributed by atoms with Gasteiger partial charge in [0.2, 0.25) is 10.0 Å². The van der Waals surface area contributed by atoms with Crippen LogP contribution in [-0.4, -0.2) is 8.42 Å². The van der Waals surface area contributed by atoms with Crippen molar-refractivity contribution in [1.29, 1.82) is 0 Å². The largest absolute Gasteiger partial charge is 0.416 e. The van der Waals surface area contributed by atoms with E-state index in [-0.39, 0.29) is 29.4 Å². The predicted molar refractivity (Wildman–Crippen MR) is 101 cm³/mol. The van der Waals surface area contributed by atoms with Crippen LogP contribution in [0.1, 0.15) is 11.1 Å². The molecule has 0 bridgehead atoms. The van der Waals surface area contributed by atoms with Gasteiger partial charge in [-0.1, -0.05) is 42.5 Å². The summed E-state index contributed by atoms with van der Waals surface area (Å²) in [5.74, 6) is 0. The Morgan fingerprint density at radius 2 is 1.56 bits per heavy atom. The number of nitrogen functional groups attached to an aromatic ring is 1. The van der Waals surface area contributed by atoms with Crippen molar-refractivity contribution >= 4 is 38.9 Å². The first kappa shape index (κ1) is 21.0. The molecule has 0 radical (unpaired) electrons. The maximum atomic E-state index is 12.8. The van der Waals surface area contributed by atoms with Crippen LogP contribution in [-0.2, 0) is 22.7 Å². The van der Waals surface area contributed by atoms with E-state index in [0.717, 1.165) is 12.1 Å². The molecule has 144 valence electrons. The highest BCUT2D eigenvalue weighted by Gasteiger charge is 2.30. The molecule has 0 aliphatic heterocycles. The smallest absolute Gasteiger partial charge is 0.398 e. The fraction of sp³-hybridized carbons (Fsp3) is 0.111. The first-order valence-electron chi connectivity index (χ1n) is 7.61. The summed E-state index contributed by atoms with van der Waals surface area (Å²) in [5, 5.41) is 1.04. The zero-order chi connectivity index (χ0) is 18.9. The van der Waals surface area contributed by atoms with Crippen LogP contribution in [0.15, 0.2) is 65.6 Å². The summed E-state index contributed by atoms with van der Waals surface area (Å²) in [4.78, 5) is 0.0225. The van der Waals surface area contributed by atoms with E-state index in [4.69, 9.17) is 5.73 Å². The van der Waals surface area contributed by atoms with Gasteiger partial charge in [-0.05, 0) is 23.8 Å². The molecule has 4 nitrogen and oxygen atoms in total. The summed E-state index contributed by atoms with van der Waals surface area (Å²) in [6, 6.07) is 14.2. The fourth-order valence-corrected chi connectivity index (χ4v) is 3.89. The molecule has 0 aromatic heterocycles. The van der Waals surface area contributed by atoms with Gasteiger partial charge in [-0.3, -0.25) is 0 Å². The Morgan fingerprint density at radius 1 is 0.926 bits per heavy atom. The van der Waals surface area contributed by atoms with Crippen LogP contribution in [0.3, 0.4) is 0 Å². The molecule has 3 aromatic carbocycles. The van der Waals surface area contributed by atoms with Crippen LogP contribution in [0.25, 0.3) is 10.8 Å². The van der Waals surface area contributed by atoms with E-state index >= 15 is 0 Å². The Morgan fingerprint density at radius 3 is 2.26 bits per heavy atom. The number of rotatable bonds is 4. The van der Waals surface area contributed by atoms with Gasteiger partial charge in [0.25, 0.3) is 0 Å². The number of nitrogens with one attached hydrogen (secondary N) is 1. The van der Waals surface area contributed by atoms with Gasteiger partial charge in [0, 0.05) is 23.0 Å². The summed E-state index contributed by atoms with van der Waals surface area (Å²) in [6.45, 7) is -0.259. The van der Waals surface area contributed by atoms with E-state index in [1.54, 1.807) is 30.3 Å². The Hall–Kier alpha value is -2.29. The van der Waals surface area contributed by atoms with Gasteiger partial charge >= 0.3 is 6.18 Å². The fourth-order valence-electron chi connectivity index (χ4n) is 2.65. The third-order valence-electron chi connectivity index (χ3n) is 3.93. The molecule has 9 heteroatoms. The van der Waals surface area contributed by atoms with Crippen molar-refractivity contribution in [3.8, 4) is 0 Å². The highest BCUT2D eigenvalue weighted by molar-refractivity contribution is 7.89. The number of alkyl halides is 3. The van der Waals surface area contributed by atoms with Crippen LogP contribution < -0.4 is 10.5 Å². The van der Waals surface area contributed by atoms with Crippen molar-refractivity contribution in [3.05, 3.63) is 71.8 Å². The Kier molecular flexibility index (Phi) is 6.04. The molecule has 3 N–H and O–H groups in total. The van der Waals surface area contributed by atoms with Crippen molar-refractivity contribution < 1.29 is 21.6 Å². The van der Waals surface area contributed by atoms with Gasteiger partial charge in [0.05, 0.1) is 10.5 Å². The second kappa shape index (κ2) is 7.75. The molecule has 3 aromatic rings. The second-order valence-corrected chi connectivity index (χ2v) is 7.46. The van der Waals surface area contributed by atoms with E-state index in [2.05, 4.69) is 4.72 Å². The van der Waals surface area contributed by atoms with E-state index in [1.165, 1.54) is 18.2 Å². The van der Waals surface area contributed by atoms with Crippen molar-refractivity contribution in [2.24, 2.45) is 0 Å². The summed E-state index contributed by atoms with van der Waals surface area (Å²) < 4.78 is 65.9. The zero-order valence-corrected chi connectivity index (χ0v) is 15.5. The van der Waals surface area contributed by atoms with E-state index in [9.17, 15) is 21.6 Å². The summed E-state index contributed by atoms with van der Waals surface area (Å²) >= 11 is 0. The molecule has 0 spiro atoms. The third kappa shape index (κ3) is 4.52. The number of halogens is 4. The number of sulfonamides is 1. The highest BCUT2D eigenvalue weighted by Crippen LogP contribution is 2.30. The topological polar surface area (TPSA) is 72.2 Å². The molecule has 0 saturated heterocycles. The molecule has 0 amide bonds. The molecule has 0 aliphatic carbocycles. The van der Waals surface area contributed by atoms with Crippen molar-refractivity contribution in [1.82, 2.24) is 4.72 Å². The van der Waals surface area contributed by atoms with Crippen molar-refractivity contribution in [2.75, 3.05) is 5.73 Å². The van der Waals surface area contributed by atoms with Crippen LogP contribution >= 0.6 is 12.4 Å². The average Bonchev–Trinajstić information content (AvgIpc) is 2.59. The molecular formula is C18H16ClF3N2O2S. The number of hydrogen-bond donors (Lipinski definition) is 2. The second-order valence-electron chi connectivity index (χ2n) is 5.72. The molecule has 3 rings (SSSR count). The van der Waals surface area contributed by atoms with Gasteiger partial charge in [-0.2, -0.15) is 13.2 Å². The third-order valence-corrected chi connectivity index (χ3v) is 5.39. The Balaban J connectivity index is 0.00000261. The molecule has 0 heterocycles. The monoisotopic (exact) mass is 416 g/mol. The standard InChI is InChI=1S/C18H15F3N2O2S.ClH/c19-18(20,21)13-5-1-4-12(10-13)11-23-26(24,25)17-9-3-6-14-15(17)7-2-8-16(14)22;/h1-10,23H,11,22H2;1H. The van der Waals surface area contributed by atoms with Gasteiger partial charge < -0.3 is 5.73 Å². The van der Waals surface area contributed by atoms with Crippen molar-refractivity contribution in [3.63, 3.8) is 0 Å². The molecule has 0 aliphatic rings. The number of hydrogen-bond acceptors (Lipinski definition) is 3. The normalized spacial score (nSPS) is 12.0. The van der Waals surface area contributed by atoms with E-state index in [0.29, 0.717) is 16.5 Å². The van der Waals surface area contributed by atoms with Gasteiger partial charge in [-0.25, -0.2) is 13.1 Å². The summed E-state index contributed by atoms with van der Waals surface area (Å²) in [6.07, 6.45) is -4.48. The minimum absolute atomic E-state index is 0. The quantitative estimate of drug-likeness (QED) is 0.621. The minimum Gasteiger partial charge on any atom is -0.398 e.